The van der Waals surface area contributed by atoms with Crippen LogP contribution in [0.15, 0.2) is 54.7 Å². The monoisotopic (exact) mass is 417 g/mol. The number of hydrogen-bond donors (Lipinski definition) is 2. The van der Waals surface area contributed by atoms with Crippen LogP contribution in [0.1, 0.15) is 18.4 Å². The van der Waals surface area contributed by atoms with Gasteiger partial charge in [-0.3, -0.25) is 4.79 Å². The van der Waals surface area contributed by atoms with Gasteiger partial charge in [0.25, 0.3) is 0 Å². The first kappa shape index (κ1) is 19.2. The quantitative estimate of drug-likeness (QED) is 0.478. The molecule has 5 rings (SSSR count). The van der Waals surface area contributed by atoms with Crippen LogP contribution in [0.3, 0.4) is 0 Å². The van der Waals surface area contributed by atoms with Gasteiger partial charge in [-0.2, -0.15) is 0 Å². The van der Waals surface area contributed by atoms with E-state index in [0.29, 0.717) is 35.7 Å². The number of aryl methyl sites for hydroxylation is 1. The molecule has 0 aliphatic heterocycles. The fraction of sp³-hybridized carbons (Fsp3) is 0.208. The fourth-order valence-corrected chi connectivity index (χ4v) is 3.79. The third kappa shape index (κ3) is 3.74. The molecule has 0 atom stereocenters. The third-order valence-corrected chi connectivity index (χ3v) is 5.66. The molecule has 1 saturated carbocycles. The maximum atomic E-state index is 14.9. The van der Waals surface area contributed by atoms with Gasteiger partial charge in [-0.05, 0) is 61.2 Å². The van der Waals surface area contributed by atoms with Crippen molar-refractivity contribution >= 4 is 17.0 Å². The number of nitrogens with one attached hydrogen (secondary N) is 1. The number of aliphatic carboxylic acids is 1. The smallest absolute Gasteiger partial charge is 0.306 e. The van der Waals surface area contributed by atoms with Gasteiger partial charge in [-0.1, -0.05) is 12.1 Å². The molecule has 0 radical (unpaired) electrons. The van der Waals surface area contributed by atoms with Gasteiger partial charge < -0.3 is 14.8 Å². The van der Waals surface area contributed by atoms with Crippen molar-refractivity contribution in [2.75, 3.05) is 0 Å². The fourth-order valence-electron chi connectivity index (χ4n) is 3.79. The Kier molecular flexibility index (Phi) is 4.66. The number of aromatic nitrogens is 3. The Morgan fingerprint density at radius 3 is 2.65 bits per heavy atom. The Balaban J connectivity index is 1.33. The van der Waals surface area contributed by atoms with E-state index in [1.54, 1.807) is 18.3 Å². The van der Waals surface area contributed by atoms with Crippen LogP contribution in [0.2, 0.25) is 0 Å². The molecule has 4 aromatic rings. The maximum Gasteiger partial charge on any atom is 0.306 e. The first-order valence-corrected chi connectivity index (χ1v) is 10.1. The highest BCUT2D eigenvalue weighted by Gasteiger charge is 2.36. The molecular formula is C24H20FN3O3. The van der Waals surface area contributed by atoms with E-state index in [0.717, 1.165) is 22.2 Å². The first-order valence-electron chi connectivity index (χ1n) is 10.1. The number of halogens is 1. The van der Waals surface area contributed by atoms with Crippen molar-refractivity contribution in [1.29, 1.82) is 0 Å². The summed E-state index contributed by atoms with van der Waals surface area (Å²) in [7, 11) is 0. The van der Waals surface area contributed by atoms with Crippen LogP contribution in [0.5, 0.6) is 5.88 Å². The standard InChI is InChI=1S/C24H20FN3O3/c1-13-2-6-20-21(8-13)28-23(27-20)18-5-3-14(11-19(18)25)15-4-7-22(26-12-15)31-17-9-16(10-17)24(29)30/h2-8,11-12,16-17H,9-10H2,1H3,(H,27,28)(H,29,30). The highest BCUT2D eigenvalue weighted by molar-refractivity contribution is 5.80. The number of aromatic amines is 1. The second-order valence-electron chi connectivity index (χ2n) is 7.93. The number of pyridine rings is 1. The maximum absolute atomic E-state index is 14.9. The summed E-state index contributed by atoms with van der Waals surface area (Å²) in [5, 5.41) is 8.93. The van der Waals surface area contributed by atoms with Gasteiger partial charge in [0.1, 0.15) is 17.7 Å². The predicted molar refractivity (Wildman–Crippen MR) is 114 cm³/mol. The first-order chi connectivity index (χ1) is 15.0. The van der Waals surface area contributed by atoms with E-state index >= 15 is 0 Å². The minimum absolute atomic E-state index is 0.122. The summed E-state index contributed by atoms with van der Waals surface area (Å²) < 4.78 is 20.6. The average Bonchev–Trinajstić information content (AvgIpc) is 3.13. The summed E-state index contributed by atoms with van der Waals surface area (Å²) in [6, 6.07) is 14.4. The molecule has 31 heavy (non-hydrogen) atoms. The third-order valence-electron chi connectivity index (χ3n) is 5.66. The molecular weight excluding hydrogens is 397 g/mol. The molecule has 1 aliphatic rings. The molecule has 0 bridgehead atoms. The molecule has 2 aromatic carbocycles. The highest BCUT2D eigenvalue weighted by atomic mass is 19.1. The zero-order valence-corrected chi connectivity index (χ0v) is 16.8. The van der Waals surface area contributed by atoms with Gasteiger partial charge >= 0.3 is 5.97 Å². The highest BCUT2D eigenvalue weighted by Crippen LogP contribution is 2.32. The van der Waals surface area contributed by atoms with Gasteiger partial charge in [0.2, 0.25) is 5.88 Å². The predicted octanol–water partition coefficient (Wildman–Crippen LogP) is 4.98. The van der Waals surface area contributed by atoms with Gasteiger partial charge in [-0.25, -0.2) is 14.4 Å². The average molecular weight is 417 g/mol. The molecule has 1 fully saturated rings. The van der Waals surface area contributed by atoms with Crippen molar-refractivity contribution in [3.8, 4) is 28.4 Å². The number of benzene rings is 2. The van der Waals surface area contributed by atoms with Crippen molar-refractivity contribution in [2.24, 2.45) is 5.92 Å². The number of ether oxygens (including phenoxy) is 1. The van der Waals surface area contributed by atoms with Crippen LogP contribution in [-0.2, 0) is 4.79 Å². The summed E-state index contributed by atoms with van der Waals surface area (Å²) in [6.45, 7) is 2.00. The topological polar surface area (TPSA) is 88.1 Å². The number of imidazole rings is 1. The zero-order valence-electron chi connectivity index (χ0n) is 16.8. The van der Waals surface area contributed by atoms with Gasteiger partial charge in [-0.15, -0.1) is 0 Å². The van der Waals surface area contributed by atoms with E-state index in [-0.39, 0.29) is 17.8 Å². The molecule has 0 unspecified atom stereocenters. The SMILES string of the molecule is Cc1ccc2nc(-c3ccc(-c4ccc(OC5CC(C(=O)O)C5)nc4)cc3F)[nH]c2c1. The number of rotatable bonds is 5. The Hall–Kier alpha value is -3.74. The lowest BCUT2D eigenvalue weighted by atomic mass is 9.82. The number of carboxylic acids is 1. The van der Waals surface area contributed by atoms with Crippen LogP contribution in [0, 0.1) is 18.7 Å². The lowest BCUT2D eigenvalue weighted by Gasteiger charge is -2.31. The molecule has 0 amide bonds. The second kappa shape index (κ2) is 7.50. The summed E-state index contributed by atoms with van der Waals surface area (Å²) in [6.07, 6.45) is 2.49. The van der Waals surface area contributed by atoms with E-state index in [2.05, 4.69) is 15.0 Å². The summed E-state index contributed by atoms with van der Waals surface area (Å²) in [5.41, 5.74) is 4.64. The van der Waals surface area contributed by atoms with E-state index in [1.807, 2.05) is 37.3 Å². The molecule has 6 nitrogen and oxygen atoms in total. The number of H-pyrrole nitrogens is 1. The number of fused-ring (bicyclic) bond motifs is 1. The Morgan fingerprint density at radius 2 is 1.94 bits per heavy atom. The molecule has 0 saturated heterocycles. The second-order valence-corrected chi connectivity index (χ2v) is 7.93. The van der Waals surface area contributed by atoms with Crippen molar-refractivity contribution in [1.82, 2.24) is 15.0 Å². The van der Waals surface area contributed by atoms with Gasteiger partial charge in [0, 0.05) is 17.8 Å². The van der Waals surface area contributed by atoms with E-state index < -0.39 is 5.97 Å². The summed E-state index contributed by atoms with van der Waals surface area (Å²) in [4.78, 5) is 22.8. The van der Waals surface area contributed by atoms with E-state index in [4.69, 9.17) is 9.84 Å². The van der Waals surface area contributed by atoms with Gasteiger partial charge in [0.15, 0.2) is 0 Å². The largest absolute Gasteiger partial charge is 0.481 e. The Labute approximate surface area is 177 Å². The molecule has 2 heterocycles. The number of carbonyl (C=O) groups is 1. The zero-order chi connectivity index (χ0) is 21.5. The Morgan fingerprint density at radius 1 is 1.13 bits per heavy atom. The van der Waals surface area contributed by atoms with Crippen molar-refractivity contribution < 1.29 is 19.0 Å². The van der Waals surface area contributed by atoms with Crippen molar-refractivity contribution in [2.45, 2.75) is 25.9 Å². The lowest BCUT2D eigenvalue weighted by Crippen LogP contribution is -2.38. The molecule has 2 N–H and O–H groups in total. The van der Waals surface area contributed by atoms with Crippen molar-refractivity contribution in [3.63, 3.8) is 0 Å². The van der Waals surface area contributed by atoms with Crippen LogP contribution in [0.4, 0.5) is 4.39 Å². The normalized spacial score (nSPS) is 18.0. The number of carboxylic acid groups (broad SMARTS) is 1. The number of nitrogens with zero attached hydrogens (tertiary/aromatic N) is 2. The minimum atomic E-state index is -0.786. The molecule has 156 valence electrons. The number of hydrogen-bond acceptors (Lipinski definition) is 4. The lowest BCUT2D eigenvalue weighted by molar-refractivity contribution is -0.148. The van der Waals surface area contributed by atoms with E-state index in [1.165, 1.54) is 6.07 Å². The van der Waals surface area contributed by atoms with Crippen LogP contribution in [-0.4, -0.2) is 32.1 Å². The van der Waals surface area contributed by atoms with Gasteiger partial charge in [0.05, 0.1) is 22.5 Å². The van der Waals surface area contributed by atoms with E-state index in [9.17, 15) is 9.18 Å². The molecule has 1 aliphatic carbocycles. The van der Waals surface area contributed by atoms with Crippen LogP contribution >= 0.6 is 0 Å². The molecule has 7 heteroatoms. The molecule has 2 aromatic heterocycles. The minimum Gasteiger partial charge on any atom is -0.481 e. The van der Waals surface area contributed by atoms with Crippen LogP contribution < -0.4 is 4.74 Å². The molecule has 0 spiro atoms. The van der Waals surface area contributed by atoms with Crippen LogP contribution in [0.25, 0.3) is 33.5 Å². The summed E-state index contributed by atoms with van der Waals surface area (Å²) in [5.74, 6) is -0.561. The Bertz CT molecular complexity index is 1280. The summed E-state index contributed by atoms with van der Waals surface area (Å²) >= 11 is 0. The van der Waals surface area contributed by atoms with Crippen molar-refractivity contribution in [3.05, 3.63) is 66.1 Å².